The topological polar surface area (TPSA) is 40.6 Å². The van der Waals surface area contributed by atoms with E-state index in [1.807, 2.05) is 17.0 Å². The molecule has 1 aliphatic carbocycles. The smallest absolute Gasteiger partial charge is 0.223 e. The highest BCUT2D eigenvalue weighted by Gasteiger charge is 2.21. The maximum Gasteiger partial charge on any atom is 0.223 e. The van der Waals surface area contributed by atoms with Gasteiger partial charge in [-0.25, -0.2) is 4.39 Å². The molecule has 4 nitrogen and oxygen atoms in total. The minimum Gasteiger partial charge on any atom is -0.370 e. The fourth-order valence-corrected chi connectivity index (χ4v) is 4.35. The summed E-state index contributed by atoms with van der Waals surface area (Å²) >= 11 is 0. The number of hydrogen-bond donors (Lipinski definition) is 0. The van der Waals surface area contributed by atoms with Gasteiger partial charge in [-0.2, -0.15) is 0 Å². The molecule has 0 atom stereocenters. The molecule has 1 amide bonds. The quantitative estimate of drug-likeness (QED) is 0.720. The largest absolute Gasteiger partial charge is 0.370 e. The molecule has 152 valence electrons. The Morgan fingerprint density at radius 2 is 1.62 bits per heavy atom. The summed E-state index contributed by atoms with van der Waals surface area (Å²) < 4.78 is 13.1. The van der Waals surface area contributed by atoms with Crippen molar-refractivity contribution in [3.05, 3.63) is 65.0 Å². The lowest BCUT2D eigenvalue weighted by Crippen LogP contribution is -2.35. The SMILES string of the molecule is O=C(CCC(=O)N1CCCN(c2ccc(F)cc2)CC1)c1ccc2c(c1)CCC2. The van der Waals surface area contributed by atoms with Crippen LogP contribution in [0.25, 0.3) is 0 Å². The van der Waals surface area contributed by atoms with Gasteiger partial charge in [0.1, 0.15) is 5.82 Å². The van der Waals surface area contributed by atoms with E-state index in [0.717, 1.165) is 50.0 Å². The third-order valence-electron chi connectivity index (χ3n) is 6.03. The van der Waals surface area contributed by atoms with Crippen molar-refractivity contribution in [2.24, 2.45) is 0 Å². The highest BCUT2D eigenvalue weighted by atomic mass is 19.1. The first-order valence-corrected chi connectivity index (χ1v) is 10.5. The number of amides is 1. The van der Waals surface area contributed by atoms with Crippen LogP contribution in [-0.2, 0) is 17.6 Å². The van der Waals surface area contributed by atoms with E-state index in [0.29, 0.717) is 13.1 Å². The molecule has 0 bridgehead atoms. The molecule has 1 aliphatic heterocycles. The molecule has 0 saturated carbocycles. The van der Waals surface area contributed by atoms with E-state index in [-0.39, 0.29) is 30.3 Å². The molecule has 1 heterocycles. The summed E-state index contributed by atoms with van der Waals surface area (Å²) in [6.45, 7) is 2.88. The monoisotopic (exact) mass is 394 g/mol. The van der Waals surface area contributed by atoms with Crippen LogP contribution in [0, 0.1) is 5.82 Å². The Labute approximate surface area is 171 Å². The van der Waals surface area contributed by atoms with Crippen molar-refractivity contribution < 1.29 is 14.0 Å². The zero-order valence-corrected chi connectivity index (χ0v) is 16.7. The molecule has 2 aliphatic rings. The van der Waals surface area contributed by atoms with Crippen LogP contribution in [0.15, 0.2) is 42.5 Å². The van der Waals surface area contributed by atoms with Gasteiger partial charge in [0.05, 0.1) is 0 Å². The standard InChI is InChI=1S/C24H27FN2O2/c25-21-7-9-22(10-8-21)26-13-2-14-27(16-15-26)24(29)12-11-23(28)20-6-5-18-3-1-4-19(18)17-20/h5-10,17H,1-4,11-16H2. The first-order valence-electron chi connectivity index (χ1n) is 10.5. The predicted octanol–water partition coefficient (Wildman–Crippen LogP) is 4.02. The van der Waals surface area contributed by atoms with Crippen LogP contribution in [0.2, 0.25) is 0 Å². The molecule has 0 unspecified atom stereocenters. The number of aryl methyl sites for hydroxylation is 2. The first kappa shape index (κ1) is 19.6. The van der Waals surface area contributed by atoms with Gasteiger partial charge in [0.25, 0.3) is 0 Å². The van der Waals surface area contributed by atoms with Crippen LogP contribution in [0.5, 0.6) is 0 Å². The molecular formula is C24H27FN2O2. The van der Waals surface area contributed by atoms with Gasteiger partial charge in [-0.3, -0.25) is 9.59 Å². The Kier molecular flexibility index (Phi) is 5.93. The molecule has 1 fully saturated rings. The minimum atomic E-state index is -0.242. The van der Waals surface area contributed by atoms with Gasteiger partial charge in [0.2, 0.25) is 5.91 Å². The van der Waals surface area contributed by atoms with Crippen molar-refractivity contribution >= 4 is 17.4 Å². The van der Waals surface area contributed by atoms with E-state index < -0.39 is 0 Å². The van der Waals surface area contributed by atoms with Crippen LogP contribution in [0.1, 0.15) is 47.2 Å². The number of nitrogens with zero attached hydrogens (tertiary/aromatic N) is 2. The van der Waals surface area contributed by atoms with E-state index in [2.05, 4.69) is 11.0 Å². The maximum atomic E-state index is 13.1. The molecule has 0 aromatic heterocycles. The normalized spacial score (nSPS) is 16.4. The second-order valence-electron chi connectivity index (χ2n) is 7.96. The fourth-order valence-electron chi connectivity index (χ4n) is 4.35. The van der Waals surface area contributed by atoms with E-state index in [9.17, 15) is 14.0 Å². The summed E-state index contributed by atoms with van der Waals surface area (Å²) in [6, 6.07) is 12.5. The van der Waals surface area contributed by atoms with Gasteiger partial charge in [0.15, 0.2) is 5.78 Å². The van der Waals surface area contributed by atoms with Gasteiger partial charge in [0, 0.05) is 50.3 Å². The molecular weight excluding hydrogens is 367 g/mol. The third-order valence-corrected chi connectivity index (χ3v) is 6.03. The van der Waals surface area contributed by atoms with Gasteiger partial charge in [-0.1, -0.05) is 12.1 Å². The number of ketones is 1. The van der Waals surface area contributed by atoms with Crippen molar-refractivity contribution in [1.29, 1.82) is 0 Å². The Balaban J connectivity index is 1.29. The van der Waals surface area contributed by atoms with Crippen LogP contribution in [0.4, 0.5) is 10.1 Å². The molecule has 2 aromatic carbocycles. The summed E-state index contributed by atoms with van der Waals surface area (Å²) in [5.74, 6) is -0.148. The first-order chi connectivity index (χ1) is 14.1. The average Bonchev–Trinajstić information content (AvgIpc) is 3.07. The summed E-state index contributed by atoms with van der Waals surface area (Å²) in [7, 11) is 0. The van der Waals surface area contributed by atoms with Crippen LogP contribution in [-0.4, -0.2) is 42.8 Å². The highest BCUT2D eigenvalue weighted by molar-refractivity contribution is 5.98. The number of benzene rings is 2. The van der Waals surface area contributed by atoms with Gasteiger partial charge >= 0.3 is 0 Å². The number of fused-ring (bicyclic) bond motifs is 1. The lowest BCUT2D eigenvalue weighted by molar-refractivity contribution is -0.130. The van der Waals surface area contributed by atoms with Crippen molar-refractivity contribution in [1.82, 2.24) is 4.90 Å². The Morgan fingerprint density at radius 1 is 0.828 bits per heavy atom. The number of hydrogen-bond acceptors (Lipinski definition) is 3. The highest BCUT2D eigenvalue weighted by Crippen LogP contribution is 2.24. The predicted molar refractivity (Wildman–Crippen MR) is 112 cm³/mol. The summed E-state index contributed by atoms with van der Waals surface area (Å²) in [4.78, 5) is 29.3. The summed E-state index contributed by atoms with van der Waals surface area (Å²) in [5.41, 5.74) is 4.35. The maximum absolute atomic E-state index is 13.1. The molecule has 0 spiro atoms. The number of Topliss-reactive ketones (excluding diaryl/α,β-unsaturated/α-hetero) is 1. The second kappa shape index (κ2) is 8.76. The fraction of sp³-hybridized carbons (Fsp3) is 0.417. The van der Waals surface area contributed by atoms with E-state index >= 15 is 0 Å². The minimum absolute atomic E-state index is 0.0421. The lowest BCUT2D eigenvalue weighted by atomic mass is 10.0. The number of rotatable bonds is 5. The van der Waals surface area contributed by atoms with Gasteiger partial charge in [-0.15, -0.1) is 0 Å². The number of halogens is 1. The summed E-state index contributed by atoms with van der Waals surface area (Å²) in [5, 5.41) is 0. The van der Waals surface area contributed by atoms with Crippen LogP contribution >= 0.6 is 0 Å². The van der Waals surface area contributed by atoms with E-state index in [4.69, 9.17) is 0 Å². The van der Waals surface area contributed by atoms with Crippen LogP contribution in [0.3, 0.4) is 0 Å². The molecule has 4 rings (SSSR count). The van der Waals surface area contributed by atoms with Gasteiger partial charge in [-0.05, 0) is 67.1 Å². The molecule has 2 aromatic rings. The Hall–Kier alpha value is -2.69. The lowest BCUT2D eigenvalue weighted by Gasteiger charge is -2.23. The second-order valence-corrected chi connectivity index (χ2v) is 7.96. The molecule has 29 heavy (non-hydrogen) atoms. The molecule has 0 radical (unpaired) electrons. The van der Waals surface area contributed by atoms with Gasteiger partial charge < -0.3 is 9.80 Å². The van der Waals surface area contributed by atoms with E-state index in [1.54, 1.807) is 12.1 Å². The summed E-state index contributed by atoms with van der Waals surface area (Å²) in [6.07, 6.45) is 4.69. The van der Waals surface area contributed by atoms with Crippen molar-refractivity contribution in [3.63, 3.8) is 0 Å². The van der Waals surface area contributed by atoms with Crippen molar-refractivity contribution in [2.45, 2.75) is 38.5 Å². The average molecular weight is 394 g/mol. The van der Waals surface area contributed by atoms with E-state index in [1.165, 1.54) is 23.3 Å². The zero-order chi connectivity index (χ0) is 20.2. The van der Waals surface area contributed by atoms with Crippen molar-refractivity contribution in [2.75, 3.05) is 31.1 Å². The Bertz CT molecular complexity index is 894. The number of anilines is 1. The zero-order valence-electron chi connectivity index (χ0n) is 16.7. The molecule has 0 N–H and O–H groups in total. The van der Waals surface area contributed by atoms with Crippen molar-refractivity contribution in [3.8, 4) is 0 Å². The number of carbonyl (C=O) groups excluding carboxylic acids is 2. The number of carbonyl (C=O) groups is 2. The third kappa shape index (κ3) is 4.66. The molecule has 5 heteroatoms. The van der Waals surface area contributed by atoms with Crippen LogP contribution < -0.4 is 4.90 Å². The Morgan fingerprint density at radius 3 is 2.45 bits per heavy atom. The molecule has 1 saturated heterocycles.